The molecule has 2 fully saturated rings. The molecule has 0 N–H and O–H groups in total. The number of nitrogens with zero attached hydrogens (tertiary/aromatic N) is 2. The molecule has 0 aliphatic heterocycles. The number of nitro benzene ring substituents is 1. The Labute approximate surface area is 99.0 Å². The lowest BCUT2D eigenvalue weighted by molar-refractivity contribution is -0.384. The number of nitriles is 1. The second kappa shape index (κ2) is 3.30. The fourth-order valence-corrected chi connectivity index (χ4v) is 3.47. The second-order valence-corrected chi connectivity index (χ2v) is 4.93. The highest BCUT2D eigenvalue weighted by atomic mass is 16.6. The first-order valence-electron chi connectivity index (χ1n) is 5.86. The van der Waals surface area contributed by atoms with E-state index in [0.717, 1.165) is 18.4 Å². The van der Waals surface area contributed by atoms with Crippen LogP contribution in [0.2, 0.25) is 0 Å². The van der Waals surface area contributed by atoms with Crippen molar-refractivity contribution in [2.45, 2.75) is 24.7 Å². The summed E-state index contributed by atoms with van der Waals surface area (Å²) in [5.41, 5.74) is 0.709. The van der Waals surface area contributed by atoms with Crippen molar-refractivity contribution in [3.8, 4) is 6.07 Å². The van der Waals surface area contributed by atoms with Crippen molar-refractivity contribution < 1.29 is 4.92 Å². The predicted molar refractivity (Wildman–Crippen MR) is 61.2 cm³/mol. The van der Waals surface area contributed by atoms with Gasteiger partial charge < -0.3 is 0 Å². The third-order valence-electron chi connectivity index (χ3n) is 4.32. The van der Waals surface area contributed by atoms with E-state index in [1.54, 1.807) is 12.1 Å². The molecule has 2 saturated carbocycles. The molecule has 0 amide bonds. The average molecular weight is 228 g/mol. The van der Waals surface area contributed by atoms with Gasteiger partial charge in [-0.1, -0.05) is 18.6 Å². The Morgan fingerprint density at radius 1 is 1.29 bits per heavy atom. The lowest BCUT2D eigenvalue weighted by Gasteiger charge is -2.12. The maximum absolute atomic E-state index is 10.6. The Kier molecular flexibility index (Phi) is 1.99. The first-order valence-corrected chi connectivity index (χ1v) is 5.86. The molecular weight excluding hydrogens is 216 g/mol. The van der Waals surface area contributed by atoms with Gasteiger partial charge in [-0.2, -0.15) is 5.26 Å². The second-order valence-electron chi connectivity index (χ2n) is 4.93. The third kappa shape index (κ3) is 1.22. The van der Waals surface area contributed by atoms with E-state index in [9.17, 15) is 15.4 Å². The van der Waals surface area contributed by atoms with Gasteiger partial charge in [0.05, 0.1) is 16.4 Å². The number of hydrogen-bond donors (Lipinski definition) is 0. The van der Waals surface area contributed by atoms with Gasteiger partial charge in [-0.05, 0) is 30.2 Å². The number of hydrogen-bond acceptors (Lipinski definition) is 3. The molecule has 4 nitrogen and oxygen atoms in total. The monoisotopic (exact) mass is 228 g/mol. The molecule has 1 aromatic carbocycles. The first-order chi connectivity index (χ1) is 8.20. The van der Waals surface area contributed by atoms with Crippen molar-refractivity contribution in [3.05, 3.63) is 39.9 Å². The van der Waals surface area contributed by atoms with Crippen molar-refractivity contribution >= 4 is 5.69 Å². The van der Waals surface area contributed by atoms with Crippen LogP contribution in [-0.2, 0) is 5.41 Å². The summed E-state index contributed by atoms with van der Waals surface area (Å²) in [5, 5.41) is 20.0. The Morgan fingerprint density at radius 2 is 1.88 bits per heavy atom. The molecule has 3 atom stereocenters. The molecule has 1 unspecified atom stereocenters. The van der Waals surface area contributed by atoms with Gasteiger partial charge in [0, 0.05) is 12.1 Å². The highest BCUT2D eigenvalue weighted by molar-refractivity contribution is 5.48. The molecule has 2 aliphatic carbocycles. The van der Waals surface area contributed by atoms with E-state index in [1.807, 2.05) is 0 Å². The van der Waals surface area contributed by atoms with Crippen LogP contribution in [0, 0.1) is 33.3 Å². The van der Waals surface area contributed by atoms with Crippen molar-refractivity contribution in [3.63, 3.8) is 0 Å². The molecule has 86 valence electrons. The van der Waals surface area contributed by atoms with Crippen LogP contribution >= 0.6 is 0 Å². The number of non-ortho nitro benzene ring substituents is 1. The third-order valence-corrected chi connectivity index (χ3v) is 4.32. The Morgan fingerprint density at radius 3 is 2.35 bits per heavy atom. The number of fused-ring (bicyclic) bond motifs is 1. The summed E-state index contributed by atoms with van der Waals surface area (Å²) in [6.45, 7) is 0. The first kappa shape index (κ1) is 10.3. The zero-order chi connectivity index (χ0) is 12.0. The van der Waals surface area contributed by atoms with Crippen LogP contribution in [0.5, 0.6) is 0 Å². The van der Waals surface area contributed by atoms with Crippen LogP contribution in [0.4, 0.5) is 5.69 Å². The van der Waals surface area contributed by atoms with E-state index in [1.165, 1.54) is 18.6 Å². The van der Waals surface area contributed by atoms with Gasteiger partial charge >= 0.3 is 0 Å². The van der Waals surface area contributed by atoms with E-state index < -0.39 is 4.92 Å². The molecule has 0 spiro atoms. The largest absolute Gasteiger partial charge is 0.269 e. The van der Waals surface area contributed by atoms with E-state index in [-0.39, 0.29) is 11.1 Å². The molecule has 0 heterocycles. The van der Waals surface area contributed by atoms with Gasteiger partial charge in [0.15, 0.2) is 0 Å². The number of nitro groups is 1. The quantitative estimate of drug-likeness (QED) is 0.577. The summed E-state index contributed by atoms with van der Waals surface area (Å²) in [7, 11) is 0. The fraction of sp³-hybridized carbons (Fsp3) is 0.462. The Hall–Kier alpha value is -1.89. The highest BCUT2D eigenvalue weighted by Crippen LogP contribution is 2.67. The summed E-state index contributed by atoms with van der Waals surface area (Å²) in [4.78, 5) is 10.2. The van der Waals surface area contributed by atoms with Gasteiger partial charge in [-0.3, -0.25) is 10.1 Å². The van der Waals surface area contributed by atoms with Crippen molar-refractivity contribution in [1.82, 2.24) is 0 Å². The van der Waals surface area contributed by atoms with Gasteiger partial charge in [0.1, 0.15) is 0 Å². The normalized spacial score (nSPS) is 33.8. The summed E-state index contributed by atoms with van der Waals surface area (Å²) in [6.07, 6.45) is 3.45. The minimum atomic E-state index is -0.406. The lowest BCUT2D eigenvalue weighted by atomic mass is 9.89. The molecule has 0 radical (unpaired) electrons. The standard InChI is InChI=1S/C13H12N2O2/c14-8-13(11-2-1-3-12(11)13)9-4-6-10(7-5-9)15(16)17/h4-7,11-12H,1-3H2/t11-,12+,13?. The lowest BCUT2D eigenvalue weighted by Crippen LogP contribution is -2.11. The van der Waals surface area contributed by atoms with Crippen LogP contribution in [0.15, 0.2) is 24.3 Å². The van der Waals surface area contributed by atoms with Crippen LogP contribution in [0.3, 0.4) is 0 Å². The topological polar surface area (TPSA) is 66.9 Å². The minimum absolute atomic E-state index is 0.0904. The fourth-order valence-electron chi connectivity index (χ4n) is 3.47. The smallest absolute Gasteiger partial charge is 0.258 e. The van der Waals surface area contributed by atoms with Crippen molar-refractivity contribution in [2.24, 2.45) is 11.8 Å². The van der Waals surface area contributed by atoms with E-state index in [0.29, 0.717) is 11.8 Å². The number of benzene rings is 1. The SMILES string of the molecule is N#CC1(c2ccc([N+](=O)[O-])cc2)[C@@H]2CCC[C@@H]21. The van der Waals surface area contributed by atoms with E-state index in [2.05, 4.69) is 6.07 Å². The summed E-state index contributed by atoms with van der Waals surface area (Å²) in [6, 6.07) is 8.95. The Bertz CT molecular complexity index is 505. The zero-order valence-corrected chi connectivity index (χ0v) is 9.30. The van der Waals surface area contributed by atoms with Crippen molar-refractivity contribution in [1.29, 1.82) is 5.26 Å². The summed E-state index contributed by atoms with van der Waals surface area (Å²) < 4.78 is 0. The van der Waals surface area contributed by atoms with Crippen LogP contribution < -0.4 is 0 Å². The zero-order valence-electron chi connectivity index (χ0n) is 9.30. The Balaban J connectivity index is 1.95. The molecule has 0 saturated heterocycles. The molecule has 4 heteroatoms. The number of rotatable bonds is 2. The summed E-state index contributed by atoms with van der Waals surface area (Å²) in [5.74, 6) is 0.961. The van der Waals surface area contributed by atoms with Crippen molar-refractivity contribution in [2.75, 3.05) is 0 Å². The van der Waals surface area contributed by atoms with Crippen LogP contribution in [0.25, 0.3) is 0 Å². The minimum Gasteiger partial charge on any atom is -0.258 e. The summed E-state index contributed by atoms with van der Waals surface area (Å²) >= 11 is 0. The van der Waals surface area contributed by atoms with Gasteiger partial charge in [0.2, 0.25) is 0 Å². The van der Waals surface area contributed by atoms with Crippen LogP contribution in [0.1, 0.15) is 24.8 Å². The predicted octanol–water partition coefficient (Wildman–Crippen LogP) is 2.79. The molecule has 3 rings (SSSR count). The van der Waals surface area contributed by atoms with E-state index in [4.69, 9.17) is 0 Å². The van der Waals surface area contributed by atoms with Crippen LogP contribution in [-0.4, -0.2) is 4.92 Å². The molecule has 0 aromatic heterocycles. The molecule has 2 aliphatic rings. The molecular formula is C13H12N2O2. The molecule has 1 aromatic rings. The van der Waals surface area contributed by atoms with Gasteiger partial charge in [-0.15, -0.1) is 0 Å². The molecule has 17 heavy (non-hydrogen) atoms. The molecule has 0 bridgehead atoms. The van der Waals surface area contributed by atoms with Gasteiger partial charge in [0.25, 0.3) is 5.69 Å². The maximum atomic E-state index is 10.6. The van der Waals surface area contributed by atoms with Gasteiger partial charge in [-0.25, -0.2) is 0 Å². The maximum Gasteiger partial charge on any atom is 0.269 e. The van der Waals surface area contributed by atoms with E-state index >= 15 is 0 Å². The highest BCUT2D eigenvalue weighted by Gasteiger charge is 2.67. The average Bonchev–Trinajstić information content (AvgIpc) is 2.72.